The Labute approximate surface area is 122 Å². The Bertz CT molecular complexity index is 794. The number of anilines is 1. The zero-order valence-electron chi connectivity index (χ0n) is 10.8. The Balaban J connectivity index is 1.91. The first-order chi connectivity index (χ1) is 9.72. The van der Waals surface area contributed by atoms with Crippen molar-refractivity contribution in [2.24, 2.45) is 0 Å². The highest BCUT2D eigenvalue weighted by atomic mass is 35.5. The molecule has 3 aromatic rings. The predicted molar refractivity (Wildman–Crippen MR) is 86.5 cm³/mol. The van der Waals surface area contributed by atoms with E-state index in [9.17, 15) is 0 Å². The van der Waals surface area contributed by atoms with Crippen LogP contribution in [0.5, 0.6) is 0 Å². The molecule has 0 saturated heterocycles. The number of rotatable bonds is 2. The molecule has 2 nitrogen and oxygen atoms in total. The lowest BCUT2D eigenvalue weighted by atomic mass is 10.1. The first kappa shape index (κ1) is 12.7. The molecule has 20 heavy (non-hydrogen) atoms. The maximum absolute atomic E-state index is 5.90. The molecule has 0 bridgehead atoms. The van der Waals surface area contributed by atoms with Crippen molar-refractivity contribution in [3.8, 4) is 0 Å². The summed E-state index contributed by atoms with van der Waals surface area (Å²) in [5.74, 6) is 0. The van der Waals surface area contributed by atoms with Gasteiger partial charge in [0.2, 0.25) is 0 Å². The highest BCUT2D eigenvalue weighted by molar-refractivity contribution is 6.33. The molecule has 0 fully saturated rings. The average Bonchev–Trinajstić information content (AvgIpc) is 2.48. The van der Waals surface area contributed by atoms with Crippen LogP contribution in [0.15, 0.2) is 54.6 Å². The van der Waals surface area contributed by atoms with E-state index in [-0.39, 0.29) is 0 Å². The Hall–Kier alpha value is -2.32. The zero-order chi connectivity index (χ0) is 13.9. The van der Waals surface area contributed by atoms with Gasteiger partial charge in [-0.2, -0.15) is 0 Å². The second kappa shape index (κ2) is 5.35. The van der Waals surface area contributed by atoms with E-state index in [0.717, 1.165) is 22.2 Å². The van der Waals surface area contributed by atoms with Crippen LogP contribution in [0.25, 0.3) is 23.1 Å². The van der Waals surface area contributed by atoms with E-state index in [1.54, 1.807) is 6.07 Å². The molecule has 0 aliphatic heterocycles. The fraction of sp³-hybridized carbons (Fsp3) is 0. The summed E-state index contributed by atoms with van der Waals surface area (Å²) in [6, 6.07) is 17.7. The molecule has 0 unspecified atom stereocenters. The summed E-state index contributed by atoms with van der Waals surface area (Å²) in [6.07, 6.45) is 3.94. The number of hydrogen-bond donors (Lipinski definition) is 1. The molecule has 1 aromatic heterocycles. The lowest BCUT2D eigenvalue weighted by Crippen LogP contribution is -1.86. The first-order valence-corrected chi connectivity index (χ1v) is 6.69. The van der Waals surface area contributed by atoms with Crippen molar-refractivity contribution in [2.45, 2.75) is 0 Å². The quantitative estimate of drug-likeness (QED) is 0.695. The molecule has 0 radical (unpaired) electrons. The van der Waals surface area contributed by atoms with Crippen LogP contribution in [0.4, 0.5) is 5.69 Å². The number of fused-ring (bicyclic) bond motifs is 1. The molecular formula is C17H13ClN2. The second-order valence-electron chi connectivity index (χ2n) is 4.54. The monoisotopic (exact) mass is 280 g/mol. The van der Waals surface area contributed by atoms with Gasteiger partial charge < -0.3 is 5.73 Å². The number of pyridine rings is 1. The number of para-hydroxylation sites is 1. The molecule has 3 heteroatoms. The van der Waals surface area contributed by atoms with Crippen molar-refractivity contribution in [3.05, 3.63) is 70.9 Å². The standard InChI is InChI=1S/C17H13ClN2/c18-15-10-6-12(11-16(15)19)5-8-14-9-7-13-3-1-2-4-17(13)20-14/h1-11H,19H2. The first-order valence-electron chi connectivity index (χ1n) is 6.31. The highest BCUT2D eigenvalue weighted by Gasteiger charge is 1.97. The van der Waals surface area contributed by atoms with E-state index in [2.05, 4.69) is 17.1 Å². The normalized spacial score (nSPS) is 11.2. The number of nitrogens with two attached hydrogens (primary N) is 1. The lowest BCUT2D eigenvalue weighted by Gasteiger charge is -2.00. The van der Waals surface area contributed by atoms with Crippen molar-refractivity contribution in [3.63, 3.8) is 0 Å². The molecule has 0 spiro atoms. The molecule has 0 saturated carbocycles. The van der Waals surface area contributed by atoms with Crippen molar-refractivity contribution in [2.75, 3.05) is 5.73 Å². The molecular weight excluding hydrogens is 268 g/mol. The summed E-state index contributed by atoms with van der Waals surface area (Å²) in [7, 11) is 0. The van der Waals surface area contributed by atoms with Crippen molar-refractivity contribution < 1.29 is 0 Å². The topological polar surface area (TPSA) is 38.9 Å². The predicted octanol–water partition coefficient (Wildman–Crippen LogP) is 4.64. The molecule has 1 heterocycles. The van der Waals surface area contributed by atoms with Gasteiger partial charge in [0.1, 0.15) is 0 Å². The van der Waals surface area contributed by atoms with Gasteiger partial charge in [-0.05, 0) is 35.9 Å². The Morgan fingerprint density at radius 1 is 0.950 bits per heavy atom. The van der Waals surface area contributed by atoms with Crippen molar-refractivity contribution in [1.29, 1.82) is 0 Å². The summed E-state index contributed by atoms with van der Waals surface area (Å²) in [5.41, 5.74) is 9.27. The number of aromatic nitrogens is 1. The van der Waals surface area contributed by atoms with Gasteiger partial charge in [0.05, 0.1) is 21.9 Å². The number of nitrogens with zero attached hydrogens (tertiary/aromatic N) is 1. The van der Waals surface area contributed by atoms with Gasteiger partial charge in [0, 0.05) is 5.39 Å². The lowest BCUT2D eigenvalue weighted by molar-refractivity contribution is 1.37. The summed E-state index contributed by atoms with van der Waals surface area (Å²) < 4.78 is 0. The third kappa shape index (κ3) is 2.65. The Morgan fingerprint density at radius 2 is 1.80 bits per heavy atom. The smallest absolute Gasteiger partial charge is 0.0709 e. The average molecular weight is 281 g/mol. The van der Waals surface area contributed by atoms with E-state index in [1.807, 2.05) is 48.6 Å². The van der Waals surface area contributed by atoms with Crippen LogP contribution in [-0.2, 0) is 0 Å². The van der Waals surface area contributed by atoms with E-state index < -0.39 is 0 Å². The molecule has 3 rings (SSSR count). The van der Waals surface area contributed by atoms with Crippen LogP contribution in [0.2, 0.25) is 5.02 Å². The van der Waals surface area contributed by atoms with Gasteiger partial charge in [-0.1, -0.05) is 48.0 Å². The van der Waals surface area contributed by atoms with Gasteiger partial charge in [-0.15, -0.1) is 0 Å². The van der Waals surface area contributed by atoms with Crippen molar-refractivity contribution >= 4 is 40.3 Å². The van der Waals surface area contributed by atoms with E-state index >= 15 is 0 Å². The van der Waals surface area contributed by atoms with Crippen LogP contribution in [-0.4, -0.2) is 4.98 Å². The highest BCUT2D eigenvalue weighted by Crippen LogP contribution is 2.21. The second-order valence-corrected chi connectivity index (χ2v) is 4.95. The largest absolute Gasteiger partial charge is 0.398 e. The molecule has 2 aromatic carbocycles. The van der Waals surface area contributed by atoms with Crippen LogP contribution in [0.1, 0.15) is 11.3 Å². The van der Waals surface area contributed by atoms with Crippen LogP contribution < -0.4 is 5.73 Å². The van der Waals surface area contributed by atoms with E-state index in [4.69, 9.17) is 17.3 Å². The summed E-state index contributed by atoms with van der Waals surface area (Å²) in [6.45, 7) is 0. The maximum Gasteiger partial charge on any atom is 0.0709 e. The van der Waals surface area contributed by atoms with Gasteiger partial charge in [-0.25, -0.2) is 4.98 Å². The fourth-order valence-electron chi connectivity index (χ4n) is 2.02. The molecule has 0 aliphatic rings. The molecule has 98 valence electrons. The number of hydrogen-bond acceptors (Lipinski definition) is 2. The van der Waals surface area contributed by atoms with E-state index in [1.165, 1.54) is 0 Å². The maximum atomic E-state index is 5.90. The van der Waals surface area contributed by atoms with Crippen LogP contribution >= 0.6 is 11.6 Å². The Morgan fingerprint density at radius 3 is 2.65 bits per heavy atom. The number of nitrogen functional groups attached to an aromatic ring is 1. The molecule has 0 amide bonds. The van der Waals surface area contributed by atoms with Gasteiger partial charge in [0.25, 0.3) is 0 Å². The number of benzene rings is 2. The summed E-state index contributed by atoms with van der Waals surface area (Å²) in [5, 5.41) is 1.71. The van der Waals surface area contributed by atoms with Crippen LogP contribution in [0.3, 0.4) is 0 Å². The van der Waals surface area contributed by atoms with Gasteiger partial charge >= 0.3 is 0 Å². The zero-order valence-corrected chi connectivity index (χ0v) is 11.5. The van der Waals surface area contributed by atoms with Crippen molar-refractivity contribution in [1.82, 2.24) is 4.98 Å². The minimum atomic E-state index is 0.575. The third-order valence-corrected chi connectivity index (χ3v) is 3.43. The SMILES string of the molecule is Nc1cc(C=Cc2ccc3ccccc3n2)ccc1Cl. The summed E-state index contributed by atoms with van der Waals surface area (Å²) >= 11 is 5.90. The molecule has 2 N–H and O–H groups in total. The minimum Gasteiger partial charge on any atom is -0.398 e. The molecule has 0 atom stereocenters. The molecule has 0 aliphatic carbocycles. The number of halogens is 1. The third-order valence-electron chi connectivity index (χ3n) is 3.09. The minimum absolute atomic E-state index is 0.575. The van der Waals surface area contributed by atoms with Gasteiger partial charge in [-0.3, -0.25) is 0 Å². The summed E-state index contributed by atoms with van der Waals surface area (Å²) in [4.78, 5) is 4.59. The fourth-order valence-corrected chi connectivity index (χ4v) is 2.14. The van der Waals surface area contributed by atoms with Crippen LogP contribution in [0, 0.1) is 0 Å². The van der Waals surface area contributed by atoms with E-state index in [0.29, 0.717) is 10.7 Å². The Kier molecular flexibility index (Phi) is 3.40. The van der Waals surface area contributed by atoms with Gasteiger partial charge in [0.15, 0.2) is 0 Å².